The molecule has 2 aromatic rings. The average Bonchev–Trinajstić information content (AvgIpc) is 2.56. The van der Waals surface area contributed by atoms with Crippen LogP contribution in [-0.2, 0) is 21.3 Å². The van der Waals surface area contributed by atoms with Crippen molar-refractivity contribution in [2.75, 3.05) is 17.7 Å². The predicted molar refractivity (Wildman–Crippen MR) is 94.6 cm³/mol. The Morgan fingerprint density at radius 2 is 2.12 bits per heavy atom. The van der Waals surface area contributed by atoms with Crippen molar-refractivity contribution in [3.63, 3.8) is 0 Å². The van der Waals surface area contributed by atoms with Gasteiger partial charge in [-0.2, -0.15) is 0 Å². The van der Waals surface area contributed by atoms with E-state index in [0.717, 1.165) is 6.42 Å². The largest absolute Gasteiger partial charge is 0.488 e. The number of para-hydroxylation sites is 1. The van der Waals surface area contributed by atoms with E-state index < -0.39 is 22.5 Å². The van der Waals surface area contributed by atoms with Gasteiger partial charge in [0.1, 0.15) is 11.6 Å². The Balaban J connectivity index is 1.91. The van der Waals surface area contributed by atoms with Gasteiger partial charge in [-0.05, 0) is 18.6 Å². The van der Waals surface area contributed by atoms with Crippen molar-refractivity contribution < 1.29 is 18.1 Å². The first kappa shape index (κ1) is 18.9. The molecular formula is C17H19FN2O4S. The van der Waals surface area contributed by atoms with E-state index in [4.69, 9.17) is 4.74 Å². The van der Waals surface area contributed by atoms with Crippen LogP contribution in [0.15, 0.2) is 41.3 Å². The molecule has 1 aromatic carbocycles. The molecule has 0 aliphatic carbocycles. The highest BCUT2D eigenvalue weighted by Gasteiger charge is 2.12. The van der Waals surface area contributed by atoms with Crippen LogP contribution < -0.4 is 15.5 Å². The fourth-order valence-electron chi connectivity index (χ4n) is 2.03. The summed E-state index contributed by atoms with van der Waals surface area (Å²) >= 11 is 0. The van der Waals surface area contributed by atoms with Gasteiger partial charge in [-0.15, -0.1) is 0 Å². The summed E-state index contributed by atoms with van der Waals surface area (Å²) in [5.74, 6) is -1.21. The van der Waals surface area contributed by atoms with E-state index in [1.54, 1.807) is 6.07 Å². The predicted octanol–water partition coefficient (Wildman–Crippen LogP) is 2.19. The minimum absolute atomic E-state index is 0.00793. The minimum Gasteiger partial charge on any atom is -0.488 e. The number of amides is 1. The number of nitrogens with one attached hydrogen (secondary N) is 2. The van der Waals surface area contributed by atoms with E-state index >= 15 is 0 Å². The summed E-state index contributed by atoms with van der Waals surface area (Å²) in [5, 5.41) is 2.37. The van der Waals surface area contributed by atoms with Gasteiger partial charge < -0.3 is 15.0 Å². The molecular weight excluding hydrogens is 347 g/mol. The quantitative estimate of drug-likeness (QED) is 0.750. The van der Waals surface area contributed by atoms with Crippen molar-refractivity contribution >= 4 is 22.4 Å². The van der Waals surface area contributed by atoms with Crippen LogP contribution >= 0.6 is 0 Å². The van der Waals surface area contributed by atoms with Crippen molar-refractivity contribution in [3.8, 4) is 5.75 Å². The Morgan fingerprint density at radius 1 is 1.36 bits per heavy atom. The summed E-state index contributed by atoms with van der Waals surface area (Å²) in [7, 11) is -1.55. The van der Waals surface area contributed by atoms with Gasteiger partial charge in [-0.1, -0.05) is 19.1 Å². The van der Waals surface area contributed by atoms with Crippen LogP contribution in [0.2, 0.25) is 0 Å². The number of hydrogen-bond donors (Lipinski definition) is 2. The third-order valence-electron chi connectivity index (χ3n) is 3.16. The lowest BCUT2D eigenvalue weighted by Crippen LogP contribution is -2.21. The fraction of sp³-hybridized carbons (Fsp3) is 0.294. The summed E-state index contributed by atoms with van der Waals surface area (Å²) in [6.07, 6.45) is 2.20. The molecule has 2 N–H and O–H groups in total. The van der Waals surface area contributed by atoms with Crippen LogP contribution in [0.5, 0.6) is 5.75 Å². The van der Waals surface area contributed by atoms with Crippen LogP contribution in [0, 0.1) is 5.82 Å². The van der Waals surface area contributed by atoms with Crippen molar-refractivity contribution in [1.29, 1.82) is 0 Å². The number of halogens is 1. The highest BCUT2D eigenvalue weighted by atomic mass is 32.2. The fourth-order valence-corrected chi connectivity index (χ4v) is 3.01. The first-order valence-corrected chi connectivity index (χ1v) is 9.22. The van der Waals surface area contributed by atoms with Crippen molar-refractivity contribution in [3.05, 3.63) is 58.3 Å². The molecule has 1 unspecified atom stereocenters. The Morgan fingerprint density at radius 3 is 2.80 bits per heavy atom. The third kappa shape index (κ3) is 5.82. The average molecular weight is 366 g/mol. The second-order valence-corrected chi connectivity index (χ2v) is 6.75. The van der Waals surface area contributed by atoms with E-state index in [9.17, 15) is 18.2 Å². The number of aromatic amines is 1. The standard InChI is InChI=1S/C17H19FN2O4S/c1-2-7-24-16-9-19-12(8-15(16)21)10-25(23)11-17(22)20-14-6-4-3-5-13(14)18/h3-6,8-9H,2,7,10-11H2,1H3,(H,19,21)(H,20,22). The van der Waals surface area contributed by atoms with Gasteiger partial charge in [0.05, 0.1) is 18.0 Å². The van der Waals surface area contributed by atoms with Crippen LogP contribution in [0.4, 0.5) is 10.1 Å². The van der Waals surface area contributed by atoms with E-state index in [0.29, 0.717) is 12.3 Å². The molecule has 0 fully saturated rings. The monoisotopic (exact) mass is 366 g/mol. The number of carbonyl (C=O) groups is 1. The summed E-state index contributed by atoms with van der Waals surface area (Å²) in [4.78, 5) is 26.5. The molecule has 0 spiro atoms. The van der Waals surface area contributed by atoms with Gasteiger partial charge in [0.25, 0.3) is 0 Å². The molecule has 1 aromatic heterocycles. The number of ether oxygens (including phenoxy) is 1. The first-order chi connectivity index (χ1) is 12.0. The second-order valence-electron chi connectivity index (χ2n) is 5.29. The molecule has 8 heteroatoms. The summed E-state index contributed by atoms with van der Waals surface area (Å²) in [5.41, 5.74) is 0.163. The molecule has 1 heterocycles. The van der Waals surface area contributed by atoms with Crippen LogP contribution in [0.3, 0.4) is 0 Å². The molecule has 0 aliphatic rings. The van der Waals surface area contributed by atoms with Gasteiger partial charge in [-0.3, -0.25) is 13.8 Å². The molecule has 0 bridgehead atoms. The highest BCUT2D eigenvalue weighted by Crippen LogP contribution is 2.12. The van der Waals surface area contributed by atoms with Gasteiger partial charge >= 0.3 is 0 Å². The normalized spacial score (nSPS) is 11.8. The number of aromatic nitrogens is 1. The minimum atomic E-state index is -1.55. The number of rotatable bonds is 8. The summed E-state index contributed by atoms with van der Waals surface area (Å²) < 4.78 is 30.8. The molecule has 0 saturated carbocycles. The number of H-pyrrole nitrogens is 1. The molecule has 25 heavy (non-hydrogen) atoms. The molecule has 134 valence electrons. The Bertz CT molecular complexity index is 822. The van der Waals surface area contributed by atoms with E-state index in [1.807, 2.05) is 6.92 Å². The second kappa shape index (κ2) is 9.12. The Labute approximate surface area is 146 Å². The van der Waals surface area contributed by atoms with E-state index in [-0.39, 0.29) is 28.4 Å². The lowest BCUT2D eigenvalue weighted by molar-refractivity contribution is -0.113. The number of anilines is 1. The smallest absolute Gasteiger partial charge is 0.237 e. The molecule has 6 nitrogen and oxygen atoms in total. The lowest BCUT2D eigenvalue weighted by atomic mass is 10.3. The molecule has 1 atom stereocenters. The molecule has 0 radical (unpaired) electrons. The van der Waals surface area contributed by atoms with Crippen LogP contribution in [0.1, 0.15) is 19.0 Å². The van der Waals surface area contributed by atoms with Crippen molar-refractivity contribution in [1.82, 2.24) is 4.98 Å². The maximum absolute atomic E-state index is 13.5. The topological polar surface area (TPSA) is 88.3 Å². The zero-order valence-electron chi connectivity index (χ0n) is 13.7. The number of benzene rings is 1. The lowest BCUT2D eigenvalue weighted by Gasteiger charge is -2.07. The number of pyridine rings is 1. The third-order valence-corrected chi connectivity index (χ3v) is 4.37. The van der Waals surface area contributed by atoms with Crippen LogP contribution in [0.25, 0.3) is 0 Å². The Kier molecular flexibility index (Phi) is 6.88. The molecule has 2 rings (SSSR count). The first-order valence-electron chi connectivity index (χ1n) is 7.73. The van der Waals surface area contributed by atoms with Crippen molar-refractivity contribution in [2.24, 2.45) is 0 Å². The Hall–Kier alpha value is -2.48. The zero-order valence-corrected chi connectivity index (χ0v) is 14.5. The molecule has 0 aliphatic heterocycles. The maximum atomic E-state index is 13.5. The summed E-state index contributed by atoms with van der Waals surface area (Å²) in [6, 6.07) is 7.04. The van der Waals surface area contributed by atoms with Crippen LogP contribution in [-0.4, -0.2) is 27.5 Å². The molecule has 0 saturated heterocycles. The van der Waals surface area contributed by atoms with E-state index in [1.165, 1.54) is 30.5 Å². The summed E-state index contributed by atoms with van der Waals surface area (Å²) in [6.45, 7) is 2.36. The van der Waals surface area contributed by atoms with Crippen molar-refractivity contribution in [2.45, 2.75) is 19.1 Å². The highest BCUT2D eigenvalue weighted by molar-refractivity contribution is 7.84. The number of hydrogen-bond acceptors (Lipinski definition) is 4. The maximum Gasteiger partial charge on any atom is 0.237 e. The zero-order chi connectivity index (χ0) is 18.2. The van der Waals surface area contributed by atoms with E-state index in [2.05, 4.69) is 10.3 Å². The van der Waals surface area contributed by atoms with Gasteiger partial charge in [0, 0.05) is 28.8 Å². The van der Waals surface area contributed by atoms with Gasteiger partial charge in [-0.25, -0.2) is 4.39 Å². The SMILES string of the molecule is CCCOc1c[nH]c(CS(=O)CC(=O)Nc2ccccc2F)cc1=O. The number of carbonyl (C=O) groups excluding carboxylic acids is 1. The van der Waals surface area contributed by atoms with Gasteiger partial charge in [0.15, 0.2) is 5.75 Å². The molecule has 1 amide bonds. The van der Waals surface area contributed by atoms with Gasteiger partial charge in [0.2, 0.25) is 11.3 Å².